The highest BCUT2D eigenvalue weighted by molar-refractivity contribution is 6.31. The third-order valence-electron chi connectivity index (χ3n) is 1.88. The van der Waals surface area contributed by atoms with Gasteiger partial charge in [0.25, 0.3) is 0 Å². The highest BCUT2D eigenvalue weighted by Crippen LogP contribution is 2.34. The molecule has 72 valence electrons. The first-order valence-electron chi connectivity index (χ1n) is 4.02. The molecule has 0 radical (unpaired) electrons. The van der Waals surface area contributed by atoms with E-state index in [-0.39, 0.29) is 11.4 Å². The maximum atomic E-state index is 9.48. The standard InChI is InChI=1S/C9H12ClNO2/c1-2-8(12)6-3-5(10)4-7(11)9(6)13/h3-4,8,12-13H,2,11H2,1H3. The van der Waals surface area contributed by atoms with Gasteiger partial charge in [-0.15, -0.1) is 0 Å². The molecule has 0 aliphatic rings. The van der Waals surface area contributed by atoms with E-state index in [9.17, 15) is 10.2 Å². The van der Waals surface area contributed by atoms with Gasteiger partial charge in [-0.05, 0) is 18.6 Å². The molecule has 3 nitrogen and oxygen atoms in total. The second-order valence-corrected chi connectivity index (χ2v) is 3.29. The van der Waals surface area contributed by atoms with E-state index in [0.717, 1.165) is 0 Å². The summed E-state index contributed by atoms with van der Waals surface area (Å²) >= 11 is 5.72. The topological polar surface area (TPSA) is 66.5 Å². The van der Waals surface area contributed by atoms with Crippen LogP contribution in [-0.2, 0) is 0 Å². The predicted octanol–water partition coefficient (Wildman–Crippen LogP) is 2.07. The summed E-state index contributed by atoms with van der Waals surface area (Å²) in [5, 5.41) is 19.4. The Bertz CT molecular complexity index is 315. The van der Waals surface area contributed by atoms with E-state index in [1.165, 1.54) is 12.1 Å². The first kappa shape index (κ1) is 10.2. The molecule has 1 atom stereocenters. The van der Waals surface area contributed by atoms with E-state index in [0.29, 0.717) is 17.0 Å². The van der Waals surface area contributed by atoms with Gasteiger partial charge in [0.2, 0.25) is 0 Å². The molecule has 0 aliphatic heterocycles. The third kappa shape index (κ3) is 2.05. The van der Waals surface area contributed by atoms with Gasteiger partial charge in [0, 0.05) is 10.6 Å². The summed E-state index contributed by atoms with van der Waals surface area (Å²) in [6.07, 6.45) is -0.214. The Balaban J connectivity index is 3.20. The van der Waals surface area contributed by atoms with Gasteiger partial charge >= 0.3 is 0 Å². The molecule has 4 N–H and O–H groups in total. The molecule has 13 heavy (non-hydrogen) atoms. The predicted molar refractivity (Wildman–Crippen MR) is 52.8 cm³/mol. The second kappa shape index (κ2) is 3.85. The summed E-state index contributed by atoms with van der Waals surface area (Å²) in [6, 6.07) is 2.96. The first-order valence-corrected chi connectivity index (χ1v) is 4.40. The molecule has 0 heterocycles. The smallest absolute Gasteiger partial charge is 0.144 e. The fraction of sp³-hybridized carbons (Fsp3) is 0.333. The SMILES string of the molecule is CCC(O)c1cc(Cl)cc(N)c1O. The second-order valence-electron chi connectivity index (χ2n) is 2.86. The van der Waals surface area contributed by atoms with Crippen molar-refractivity contribution in [2.24, 2.45) is 0 Å². The van der Waals surface area contributed by atoms with E-state index in [4.69, 9.17) is 17.3 Å². The highest BCUT2D eigenvalue weighted by Gasteiger charge is 2.13. The largest absolute Gasteiger partial charge is 0.505 e. The van der Waals surface area contributed by atoms with E-state index in [2.05, 4.69) is 0 Å². The Kier molecular flexibility index (Phi) is 3.01. The van der Waals surface area contributed by atoms with Crippen LogP contribution in [-0.4, -0.2) is 10.2 Å². The van der Waals surface area contributed by atoms with Gasteiger partial charge in [-0.2, -0.15) is 0 Å². The lowest BCUT2D eigenvalue weighted by atomic mass is 10.1. The number of phenolic OH excluding ortho intramolecular Hbond substituents is 1. The van der Waals surface area contributed by atoms with Crippen LogP contribution in [0.2, 0.25) is 5.02 Å². The van der Waals surface area contributed by atoms with Gasteiger partial charge in [0.15, 0.2) is 0 Å². The lowest BCUT2D eigenvalue weighted by Crippen LogP contribution is -1.98. The number of nitrogens with two attached hydrogens (primary N) is 1. The summed E-state index contributed by atoms with van der Waals surface area (Å²) in [7, 11) is 0. The summed E-state index contributed by atoms with van der Waals surface area (Å²) in [4.78, 5) is 0. The molecule has 1 aromatic carbocycles. The minimum absolute atomic E-state index is 0.0845. The van der Waals surface area contributed by atoms with E-state index in [1.54, 1.807) is 6.92 Å². The van der Waals surface area contributed by atoms with Crippen molar-refractivity contribution in [1.82, 2.24) is 0 Å². The minimum Gasteiger partial charge on any atom is -0.505 e. The Labute approximate surface area is 81.8 Å². The zero-order valence-electron chi connectivity index (χ0n) is 7.29. The molecule has 0 saturated heterocycles. The summed E-state index contributed by atoms with van der Waals surface area (Å²) in [5.74, 6) is -0.0845. The quantitative estimate of drug-likeness (QED) is 0.507. The number of hydrogen-bond donors (Lipinski definition) is 3. The number of aliphatic hydroxyl groups is 1. The fourth-order valence-corrected chi connectivity index (χ4v) is 1.35. The zero-order chi connectivity index (χ0) is 10.0. The number of nitrogen functional groups attached to an aromatic ring is 1. The van der Waals surface area contributed by atoms with Crippen LogP contribution in [0.1, 0.15) is 25.0 Å². The van der Waals surface area contributed by atoms with Crippen LogP contribution >= 0.6 is 11.6 Å². The molecule has 0 saturated carbocycles. The summed E-state index contributed by atoms with van der Waals surface area (Å²) in [5.41, 5.74) is 6.04. The summed E-state index contributed by atoms with van der Waals surface area (Å²) in [6.45, 7) is 1.81. The van der Waals surface area contributed by atoms with Crippen LogP contribution in [0.4, 0.5) is 5.69 Å². The molecule has 0 spiro atoms. The fourth-order valence-electron chi connectivity index (χ4n) is 1.12. The molecule has 1 aromatic rings. The number of hydrogen-bond acceptors (Lipinski definition) is 3. The van der Waals surface area contributed by atoms with Gasteiger partial charge in [0.05, 0.1) is 11.8 Å². The number of rotatable bonds is 2. The normalized spacial score (nSPS) is 12.8. The molecular weight excluding hydrogens is 190 g/mol. The van der Waals surface area contributed by atoms with Crippen LogP contribution in [0.15, 0.2) is 12.1 Å². The Morgan fingerprint density at radius 2 is 2.15 bits per heavy atom. The van der Waals surface area contributed by atoms with Crippen molar-refractivity contribution in [3.63, 3.8) is 0 Å². The van der Waals surface area contributed by atoms with Crippen molar-refractivity contribution < 1.29 is 10.2 Å². The average Bonchev–Trinajstić information content (AvgIpc) is 2.10. The number of halogens is 1. The minimum atomic E-state index is -0.721. The van der Waals surface area contributed by atoms with Gasteiger partial charge in [-0.3, -0.25) is 0 Å². The lowest BCUT2D eigenvalue weighted by Gasteiger charge is -2.12. The maximum Gasteiger partial charge on any atom is 0.144 e. The van der Waals surface area contributed by atoms with Gasteiger partial charge < -0.3 is 15.9 Å². The molecule has 1 rings (SSSR count). The zero-order valence-corrected chi connectivity index (χ0v) is 8.04. The number of aromatic hydroxyl groups is 1. The number of benzene rings is 1. The van der Waals surface area contributed by atoms with E-state index >= 15 is 0 Å². The molecule has 0 bridgehead atoms. The van der Waals surface area contributed by atoms with Crippen LogP contribution in [0.5, 0.6) is 5.75 Å². The Morgan fingerprint density at radius 1 is 1.54 bits per heavy atom. The van der Waals surface area contributed by atoms with Crippen molar-refractivity contribution in [1.29, 1.82) is 0 Å². The van der Waals surface area contributed by atoms with Crippen molar-refractivity contribution in [3.05, 3.63) is 22.7 Å². The molecule has 0 aromatic heterocycles. The average molecular weight is 202 g/mol. The Morgan fingerprint density at radius 3 is 2.69 bits per heavy atom. The van der Waals surface area contributed by atoms with Crippen molar-refractivity contribution in [2.45, 2.75) is 19.4 Å². The van der Waals surface area contributed by atoms with Crippen LogP contribution < -0.4 is 5.73 Å². The van der Waals surface area contributed by atoms with Crippen molar-refractivity contribution in [3.8, 4) is 5.75 Å². The van der Waals surface area contributed by atoms with Crippen LogP contribution in [0, 0.1) is 0 Å². The number of phenols is 1. The molecule has 1 unspecified atom stereocenters. The molecule has 0 aliphatic carbocycles. The first-order chi connectivity index (χ1) is 6.06. The van der Waals surface area contributed by atoms with Crippen LogP contribution in [0.3, 0.4) is 0 Å². The highest BCUT2D eigenvalue weighted by atomic mass is 35.5. The maximum absolute atomic E-state index is 9.48. The number of aliphatic hydroxyl groups excluding tert-OH is 1. The van der Waals surface area contributed by atoms with E-state index < -0.39 is 6.10 Å². The third-order valence-corrected chi connectivity index (χ3v) is 2.10. The lowest BCUT2D eigenvalue weighted by molar-refractivity contribution is 0.170. The van der Waals surface area contributed by atoms with Gasteiger partial charge in [-0.1, -0.05) is 18.5 Å². The molecule has 4 heteroatoms. The Hall–Kier alpha value is -0.930. The summed E-state index contributed by atoms with van der Waals surface area (Å²) < 4.78 is 0. The monoisotopic (exact) mass is 201 g/mol. The molecule has 0 amide bonds. The van der Waals surface area contributed by atoms with E-state index in [1.807, 2.05) is 0 Å². The van der Waals surface area contributed by atoms with Crippen molar-refractivity contribution >= 4 is 17.3 Å². The molecule has 0 fully saturated rings. The van der Waals surface area contributed by atoms with Crippen molar-refractivity contribution in [2.75, 3.05) is 5.73 Å². The number of anilines is 1. The van der Waals surface area contributed by atoms with Gasteiger partial charge in [-0.25, -0.2) is 0 Å². The molecular formula is C9H12ClNO2. The van der Waals surface area contributed by atoms with Gasteiger partial charge in [0.1, 0.15) is 5.75 Å². The van der Waals surface area contributed by atoms with Crippen LogP contribution in [0.25, 0.3) is 0 Å².